The predicted molar refractivity (Wildman–Crippen MR) is 132 cm³/mol. The van der Waals surface area contributed by atoms with Crippen molar-refractivity contribution in [2.75, 3.05) is 6.61 Å². The Morgan fingerprint density at radius 2 is 1.82 bits per heavy atom. The molecule has 0 saturated carbocycles. The van der Waals surface area contributed by atoms with E-state index < -0.39 is 0 Å². The fourth-order valence-corrected chi connectivity index (χ4v) is 4.87. The number of fused-ring (bicyclic) bond motifs is 4. The lowest BCUT2D eigenvalue weighted by molar-refractivity contribution is 0.340. The van der Waals surface area contributed by atoms with E-state index in [-0.39, 0.29) is 0 Å². The van der Waals surface area contributed by atoms with Crippen molar-refractivity contribution in [2.24, 2.45) is 0 Å². The summed E-state index contributed by atoms with van der Waals surface area (Å²) in [5.41, 5.74) is 6.56. The van der Waals surface area contributed by atoms with Crippen LogP contribution in [0.25, 0.3) is 33.5 Å². The van der Waals surface area contributed by atoms with E-state index in [1.807, 2.05) is 43.3 Å². The van der Waals surface area contributed by atoms with Crippen LogP contribution in [0.2, 0.25) is 0 Å². The molecule has 6 rings (SSSR count). The van der Waals surface area contributed by atoms with Gasteiger partial charge in [0.1, 0.15) is 17.6 Å². The monoisotopic (exact) mass is 470 g/mol. The molecular weight excluding hydrogens is 448 g/mol. The van der Waals surface area contributed by atoms with E-state index in [4.69, 9.17) is 19.1 Å². The van der Waals surface area contributed by atoms with E-state index in [0.717, 1.165) is 50.5 Å². The minimum absolute atomic E-state index is 0.549. The Labute approximate surface area is 199 Å². The number of oxazole rings is 1. The molecule has 0 bridgehead atoms. The summed E-state index contributed by atoms with van der Waals surface area (Å²) in [7, 11) is 0. The van der Waals surface area contributed by atoms with Gasteiger partial charge in [0.2, 0.25) is 0 Å². The molecule has 0 spiro atoms. The standard InChI is InChI=1S/C25H22N6O2S/c1-4-32-18-11-9-17(10-12-18)31-16(3)15(2)22-23(31)26-14-30-24(22)28-21(29-30)13-34-25-27-19-7-5-6-8-20(19)33-25/h5-12,14H,4,13H2,1-3H3. The van der Waals surface area contributed by atoms with Crippen LogP contribution in [0.5, 0.6) is 5.75 Å². The normalized spacial score (nSPS) is 11.7. The van der Waals surface area contributed by atoms with Crippen molar-refractivity contribution in [1.29, 1.82) is 0 Å². The summed E-state index contributed by atoms with van der Waals surface area (Å²) in [5.74, 6) is 2.10. The highest BCUT2D eigenvalue weighted by Gasteiger charge is 2.19. The van der Waals surface area contributed by atoms with Crippen molar-refractivity contribution in [3.63, 3.8) is 0 Å². The Kier molecular flexibility index (Phi) is 4.99. The second kappa shape index (κ2) is 8.18. The molecule has 9 heteroatoms. The summed E-state index contributed by atoms with van der Waals surface area (Å²) in [6.07, 6.45) is 1.72. The highest BCUT2D eigenvalue weighted by Crippen LogP contribution is 2.31. The van der Waals surface area contributed by atoms with Gasteiger partial charge < -0.3 is 9.15 Å². The Balaban J connectivity index is 1.36. The van der Waals surface area contributed by atoms with Gasteiger partial charge in [-0.2, -0.15) is 0 Å². The number of ether oxygens (including phenoxy) is 1. The van der Waals surface area contributed by atoms with Crippen molar-refractivity contribution >= 4 is 39.5 Å². The fourth-order valence-electron chi connectivity index (χ4n) is 4.18. The Morgan fingerprint density at radius 3 is 2.62 bits per heavy atom. The number of hydrogen-bond acceptors (Lipinski definition) is 7. The van der Waals surface area contributed by atoms with E-state index in [0.29, 0.717) is 23.4 Å². The minimum Gasteiger partial charge on any atom is -0.494 e. The molecule has 0 aliphatic rings. The van der Waals surface area contributed by atoms with Gasteiger partial charge in [0.15, 0.2) is 22.7 Å². The van der Waals surface area contributed by atoms with Crippen molar-refractivity contribution in [3.8, 4) is 11.4 Å². The molecule has 8 nitrogen and oxygen atoms in total. The van der Waals surface area contributed by atoms with E-state index in [1.165, 1.54) is 11.8 Å². The van der Waals surface area contributed by atoms with Gasteiger partial charge in [-0.1, -0.05) is 23.9 Å². The lowest BCUT2D eigenvalue weighted by Crippen LogP contribution is -1.99. The average molecular weight is 471 g/mol. The third-order valence-electron chi connectivity index (χ3n) is 5.88. The largest absolute Gasteiger partial charge is 0.494 e. The molecule has 0 aliphatic carbocycles. The van der Waals surface area contributed by atoms with Crippen molar-refractivity contribution in [2.45, 2.75) is 31.7 Å². The average Bonchev–Trinajstić information content (AvgIpc) is 3.52. The Bertz CT molecular complexity index is 1610. The van der Waals surface area contributed by atoms with Crippen LogP contribution < -0.4 is 4.74 Å². The molecule has 2 aromatic carbocycles. The highest BCUT2D eigenvalue weighted by molar-refractivity contribution is 7.98. The summed E-state index contributed by atoms with van der Waals surface area (Å²) in [5, 5.41) is 6.25. The Morgan fingerprint density at radius 1 is 1.00 bits per heavy atom. The zero-order valence-corrected chi connectivity index (χ0v) is 19.8. The number of aryl methyl sites for hydroxylation is 1. The van der Waals surface area contributed by atoms with Gasteiger partial charge in [-0.3, -0.25) is 4.57 Å². The minimum atomic E-state index is 0.549. The first-order valence-electron chi connectivity index (χ1n) is 11.1. The zero-order valence-electron chi connectivity index (χ0n) is 19.0. The van der Waals surface area contributed by atoms with Gasteiger partial charge in [-0.25, -0.2) is 19.5 Å². The summed E-state index contributed by atoms with van der Waals surface area (Å²) in [6, 6.07) is 15.8. The van der Waals surface area contributed by atoms with Crippen LogP contribution in [0.15, 0.2) is 64.5 Å². The lowest BCUT2D eigenvalue weighted by Gasteiger charge is -2.09. The molecule has 4 heterocycles. The predicted octanol–water partition coefficient (Wildman–Crippen LogP) is 5.52. The van der Waals surface area contributed by atoms with Crippen LogP contribution in [-0.4, -0.2) is 35.7 Å². The molecular formula is C25H22N6O2S. The van der Waals surface area contributed by atoms with Gasteiger partial charge in [0.05, 0.1) is 17.7 Å². The Hall–Kier alpha value is -3.85. The van der Waals surface area contributed by atoms with Crippen LogP contribution in [0.1, 0.15) is 24.0 Å². The molecule has 0 aliphatic heterocycles. The van der Waals surface area contributed by atoms with Crippen molar-refractivity contribution in [3.05, 3.63) is 71.9 Å². The maximum Gasteiger partial charge on any atom is 0.257 e. The SMILES string of the molecule is CCOc1ccc(-n2c(C)c(C)c3c2ncn2nc(CSc4nc5ccccc5o4)nc32)cc1. The number of nitrogens with zero attached hydrogens (tertiary/aromatic N) is 6. The number of benzene rings is 2. The molecule has 0 N–H and O–H groups in total. The first-order valence-corrected chi connectivity index (χ1v) is 12.0. The number of hydrogen-bond donors (Lipinski definition) is 0. The van der Waals surface area contributed by atoms with E-state index in [9.17, 15) is 0 Å². The lowest BCUT2D eigenvalue weighted by atomic mass is 10.2. The second-order valence-electron chi connectivity index (χ2n) is 7.95. The third kappa shape index (κ3) is 3.40. The summed E-state index contributed by atoms with van der Waals surface area (Å²) in [6.45, 7) is 6.83. The first-order chi connectivity index (χ1) is 16.6. The van der Waals surface area contributed by atoms with Crippen molar-refractivity contribution < 1.29 is 9.15 Å². The summed E-state index contributed by atoms with van der Waals surface area (Å²) < 4.78 is 15.3. The van der Waals surface area contributed by atoms with Crippen LogP contribution in [-0.2, 0) is 5.75 Å². The van der Waals surface area contributed by atoms with Crippen molar-refractivity contribution in [1.82, 2.24) is 29.1 Å². The number of rotatable bonds is 6. The summed E-state index contributed by atoms with van der Waals surface area (Å²) in [4.78, 5) is 14.1. The maximum absolute atomic E-state index is 5.81. The van der Waals surface area contributed by atoms with Crippen LogP contribution in [0.3, 0.4) is 0 Å². The molecule has 0 atom stereocenters. The molecule has 4 aromatic heterocycles. The number of para-hydroxylation sites is 2. The van der Waals surface area contributed by atoms with Gasteiger partial charge in [-0.05, 0) is 62.7 Å². The molecule has 0 fully saturated rings. The third-order valence-corrected chi connectivity index (χ3v) is 6.71. The molecule has 6 aromatic rings. The maximum atomic E-state index is 5.81. The van der Waals surface area contributed by atoms with Gasteiger partial charge in [0.25, 0.3) is 5.22 Å². The van der Waals surface area contributed by atoms with Gasteiger partial charge >= 0.3 is 0 Å². The van der Waals surface area contributed by atoms with E-state index in [1.54, 1.807) is 10.8 Å². The van der Waals surface area contributed by atoms with Crippen LogP contribution >= 0.6 is 11.8 Å². The topological polar surface area (TPSA) is 83.3 Å². The molecule has 0 amide bonds. The number of aromatic nitrogens is 6. The summed E-state index contributed by atoms with van der Waals surface area (Å²) >= 11 is 1.48. The smallest absolute Gasteiger partial charge is 0.257 e. The zero-order chi connectivity index (χ0) is 23.2. The molecule has 0 radical (unpaired) electrons. The van der Waals surface area contributed by atoms with Crippen LogP contribution in [0.4, 0.5) is 0 Å². The highest BCUT2D eigenvalue weighted by atomic mass is 32.2. The van der Waals surface area contributed by atoms with Gasteiger partial charge in [-0.15, -0.1) is 5.10 Å². The number of thioether (sulfide) groups is 1. The van der Waals surface area contributed by atoms with E-state index in [2.05, 4.69) is 40.6 Å². The molecule has 0 saturated heterocycles. The molecule has 34 heavy (non-hydrogen) atoms. The quantitative estimate of drug-likeness (QED) is 0.297. The fraction of sp³-hybridized carbons (Fsp3) is 0.200. The van der Waals surface area contributed by atoms with Crippen LogP contribution in [0, 0.1) is 13.8 Å². The second-order valence-corrected chi connectivity index (χ2v) is 8.87. The first kappa shape index (κ1) is 20.7. The van der Waals surface area contributed by atoms with E-state index >= 15 is 0 Å². The molecule has 170 valence electrons. The van der Waals surface area contributed by atoms with Gasteiger partial charge in [0, 0.05) is 11.4 Å². The molecule has 0 unspecified atom stereocenters.